The summed E-state index contributed by atoms with van der Waals surface area (Å²) < 4.78 is 0. The first-order chi connectivity index (χ1) is 3.13. The summed E-state index contributed by atoms with van der Waals surface area (Å²) in [5, 5.41) is 0. The van der Waals surface area contributed by atoms with Gasteiger partial charge in [-0.25, -0.2) is 0 Å². The van der Waals surface area contributed by atoms with E-state index in [1.54, 1.807) is 0 Å². The molecule has 0 aliphatic heterocycles. The number of halogens is 2. The predicted molar refractivity (Wildman–Crippen MR) is 34.0 cm³/mol. The van der Waals surface area contributed by atoms with Gasteiger partial charge in [0.1, 0.15) is 4.84 Å². The summed E-state index contributed by atoms with van der Waals surface area (Å²) >= 11 is 10.8. The van der Waals surface area contributed by atoms with Crippen LogP contribution in [0.4, 0.5) is 0 Å². The summed E-state index contributed by atoms with van der Waals surface area (Å²) in [6, 6.07) is 0. The van der Waals surface area contributed by atoms with Gasteiger partial charge in [-0.3, -0.25) is 0 Å². The minimum absolute atomic E-state index is 0.255. The maximum absolute atomic E-state index is 5.40. The molecule has 0 aromatic carbocycles. The van der Waals surface area contributed by atoms with Crippen molar-refractivity contribution in [3.8, 4) is 0 Å². The molecule has 0 radical (unpaired) electrons. The van der Waals surface area contributed by atoms with Gasteiger partial charge in [0.25, 0.3) is 0 Å². The third-order valence-electron chi connectivity index (χ3n) is 0.503. The maximum Gasteiger partial charge on any atom is 0.120 e. The van der Waals surface area contributed by atoms with E-state index in [-0.39, 0.29) is 4.84 Å². The van der Waals surface area contributed by atoms with Gasteiger partial charge >= 0.3 is 0 Å². The molecule has 7 heavy (non-hydrogen) atoms. The van der Waals surface area contributed by atoms with Crippen LogP contribution in [0.5, 0.6) is 0 Å². The van der Waals surface area contributed by atoms with Gasteiger partial charge < -0.3 is 4.90 Å². The van der Waals surface area contributed by atoms with Gasteiger partial charge in [0.05, 0.1) is 0 Å². The summed E-state index contributed by atoms with van der Waals surface area (Å²) in [6.45, 7) is 0.725. The van der Waals surface area contributed by atoms with Crippen molar-refractivity contribution in [2.45, 2.75) is 4.84 Å². The molecule has 0 unspecified atom stereocenters. The second-order valence-corrected chi connectivity index (χ2v) is 2.93. The molecule has 1 nitrogen and oxygen atoms in total. The molecule has 0 aromatic heterocycles. The molecular weight excluding hydrogens is 133 g/mol. The average molecular weight is 142 g/mol. The lowest BCUT2D eigenvalue weighted by Crippen LogP contribution is -2.17. The van der Waals surface area contributed by atoms with Gasteiger partial charge in [-0.1, -0.05) is 0 Å². The molecular formula is C4H9Cl2N. The molecule has 0 aliphatic rings. The van der Waals surface area contributed by atoms with Gasteiger partial charge in [0.15, 0.2) is 0 Å². The molecule has 0 bridgehead atoms. The maximum atomic E-state index is 5.40. The van der Waals surface area contributed by atoms with Crippen LogP contribution in [0.2, 0.25) is 0 Å². The van der Waals surface area contributed by atoms with Crippen LogP contribution in [0, 0.1) is 0 Å². The Balaban J connectivity index is 2.95. The highest BCUT2D eigenvalue weighted by Gasteiger charge is 1.97. The van der Waals surface area contributed by atoms with E-state index in [2.05, 4.69) is 0 Å². The lowest BCUT2D eigenvalue weighted by molar-refractivity contribution is 0.428. The van der Waals surface area contributed by atoms with Crippen LogP contribution in [-0.2, 0) is 0 Å². The zero-order chi connectivity index (χ0) is 5.86. The number of nitrogens with zero attached hydrogens (tertiary/aromatic N) is 1. The van der Waals surface area contributed by atoms with E-state index in [0.29, 0.717) is 0 Å². The fourth-order valence-electron chi connectivity index (χ4n) is 0.276. The van der Waals surface area contributed by atoms with Crippen molar-refractivity contribution in [1.82, 2.24) is 4.90 Å². The Kier molecular flexibility index (Phi) is 3.80. The fraction of sp³-hybridized carbons (Fsp3) is 1.00. The van der Waals surface area contributed by atoms with E-state index in [1.165, 1.54) is 0 Å². The Morgan fingerprint density at radius 3 is 1.86 bits per heavy atom. The zero-order valence-corrected chi connectivity index (χ0v) is 6.00. The SMILES string of the molecule is CN(C)CC(Cl)Cl. The van der Waals surface area contributed by atoms with E-state index in [9.17, 15) is 0 Å². The normalized spacial score (nSPS) is 11.1. The molecule has 0 N–H and O–H groups in total. The van der Waals surface area contributed by atoms with Crippen LogP contribution in [0.3, 0.4) is 0 Å². The topological polar surface area (TPSA) is 3.24 Å². The average Bonchev–Trinajstić information content (AvgIpc) is 1.27. The molecule has 0 amide bonds. The summed E-state index contributed by atoms with van der Waals surface area (Å²) in [5.74, 6) is 0. The molecule has 0 atom stereocenters. The highest BCUT2D eigenvalue weighted by molar-refractivity contribution is 6.44. The zero-order valence-electron chi connectivity index (χ0n) is 4.49. The quantitative estimate of drug-likeness (QED) is 0.526. The van der Waals surface area contributed by atoms with Crippen molar-refractivity contribution in [1.29, 1.82) is 0 Å². The van der Waals surface area contributed by atoms with Crippen molar-refractivity contribution < 1.29 is 0 Å². The molecule has 0 saturated carbocycles. The third kappa shape index (κ3) is 6.54. The molecule has 44 valence electrons. The largest absolute Gasteiger partial charge is 0.307 e. The fourth-order valence-corrected chi connectivity index (χ4v) is 0.828. The molecule has 0 aliphatic carbocycles. The molecule has 0 heterocycles. The van der Waals surface area contributed by atoms with Crippen LogP contribution >= 0.6 is 23.2 Å². The second-order valence-electron chi connectivity index (χ2n) is 1.65. The Bertz CT molecular complexity index is 39.0. The predicted octanol–water partition coefficient (Wildman–Crippen LogP) is 1.35. The van der Waals surface area contributed by atoms with Crippen LogP contribution in [0.1, 0.15) is 0 Å². The molecule has 0 fully saturated rings. The Morgan fingerprint density at radius 2 is 1.86 bits per heavy atom. The van der Waals surface area contributed by atoms with E-state index >= 15 is 0 Å². The summed E-state index contributed by atoms with van der Waals surface area (Å²) in [5.41, 5.74) is 0. The molecule has 0 aromatic rings. The minimum Gasteiger partial charge on any atom is -0.307 e. The van der Waals surface area contributed by atoms with Gasteiger partial charge in [-0.05, 0) is 14.1 Å². The number of rotatable bonds is 2. The standard InChI is InChI=1S/C4H9Cl2N/c1-7(2)3-4(5)6/h4H,3H2,1-2H3. The monoisotopic (exact) mass is 141 g/mol. The van der Waals surface area contributed by atoms with Crippen molar-refractivity contribution in [2.75, 3.05) is 20.6 Å². The highest BCUT2D eigenvalue weighted by Crippen LogP contribution is 2.00. The summed E-state index contributed by atoms with van der Waals surface area (Å²) in [4.78, 5) is 1.68. The van der Waals surface area contributed by atoms with Crippen LogP contribution in [0.25, 0.3) is 0 Å². The molecule has 0 saturated heterocycles. The lowest BCUT2D eigenvalue weighted by atomic mass is 10.7. The van der Waals surface area contributed by atoms with Gasteiger partial charge in [-0.15, -0.1) is 23.2 Å². The van der Waals surface area contributed by atoms with Crippen LogP contribution < -0.4 is 0 Å². The molecule has 0 spiro atoms. The Morgan fingerprint density at radius 1 is 1.43 bits per heavy atom. The highest BCUT2D eigenvalue weighted by atomic mass is 35.5. The Labute approximate surface area is 54.2 Å². The minimum atomic E-state index is -0.255. The first-order valence-corrected chi connectivity index (χ1v) is 2.93. The number of hydrogen-bond donors (Lipinski definition) is 0. The van der Waals surface area contributed by atoms with Crippen molar-refractivity contribution in [3.63, 3.8) is 0 Å². The van der Waals surface area contributed by atoms with Crippen molar-refractivity contribution in [3.05, 3.63) is 0 Å². The first kappa shape index (κ1) is 7.54. The third-order valence-corrected chi connectivity index (χ3v) is 0.779. The second kappa shape index (κ2) is 3.53. The van der Waals surface area contributed by atoms with E-state index in [4.69, 9.17) is 23.2 Å². The van der Waals surface area contributed by atoms with E-state index in [0.717, 1.165) is 6.54 Å². The number of hydrogen-bond acceptors (Lipinski definition) is 1. The van der Waals surface area contributed by atoms with Crippen molar-refractivity contribution in [2.24, 2.45) is 0 Å². The van der Waals surface area contributed by atoms with E-state index in [1.807, 2.05) is 19.0 Å². The van der Waals surface area contributed by atoms with Gasteiger partial charge in [-0.2, -0.15) is 0 Å². The van der Waals surface area contributed by atoms with Crippen molar-refractivity contribution >= 4 is 23.2 Å². The first-order valence-electron chi connectivity index (χ1n) is 2.06. The summed E-state index contributed by atoms with van der Waals surface area (Å²) in [6.07, 6.45) is 0. The van der Waals surface area contributed by atoms with Crippen LogP contribution in [-0.4, -0.2) is 30.4 Å². The molecule has 3 heteroatoms. The van der Waals surface area contributed by atoms with E-state index < -0.39 is 0 Å². The lowest BCUT2D eigenvalue weighted by Gasteiger charge is -2.07. The molecule has 0 rings (SSSR count). The van der Waals surface area contributed by atoms with Gasteiger partial charge in [0, 0.05) is 6.54 Å². The number of alkyl halides is 2. The Hall–Kier alpha value is 0.540. The van der Waals surface area contributed by atoms with Gasteiger partial charge in [0.2, 0.25) is 0 Å². The smallest absolute Gasteiger partial charge is 0.120 e. The van der Waals surface area contributed by atoms with Crippen LogP contribution in [0.15, 0.2) is 0 Å². The summed E-state index contributed by atoms with van der Waals surface area (Å²) in [7, 11) is 3.86.